The molecule has 2 aromatic carbocycles. The zero-order valence-electron chi connectivity index (χ0n) is 12.9. The van der Waals surface area contributed by atoms with Crippen LogP contribution in [0.5, 0.6) is 0 Å². The smallest absolute Gasteiger partial charge is 0.325 e. The third kappa shape index (κ3) is 3.48. The van der Waals surface area contributed by atoms with Gasteiger partial charge in [0.2, 0.25) is 0 Å². The first-order valence-corrected chi connectivity index (χ1v) is 7.76. The van der Waals surface area contributed by atoms with E-state index in [1.165, 1.54) is 16.8 Å². The Balaban J connectivity index is 1.61. The molecule has 0 aromatic heterocycles. The van der Waals surface area contributed by atoms with Gasteiger partial charge in [-0.05, 0) is 37.0 Å². The summed E-state index contributed by atoms with van der Waals surface area (Å²) in [5.41, 5.74) is 4.80. The Morgan fingerprint density at radius 1 is 1.18 bits per heavy atom. The molecular weight excluding hydrogens is 274 g/mol. The van der Waals surface area contributed by atoms with E-state index in [2.05, 4.69) is 30.0 Å². The van der Waals surface area contributed by atoms with Gasteiger partial charge in [0, 0.05) is 12.2 Å². The fourth-order valence-corrected chi connectivity index (χ4v) is 2.91. The second kappa shape index (κ2) is 6.65. The van der Waals surface area contributed by atoms with Gasteiger partial charge in [-0.1, -0.05) is 48.0 Å². The Bertz CT molecular complexity index is 652. The number of aryl methyl sites for hydroxylation is 2. The topological polar surface area (TPSA) is 29.5 Å². The summed E-state index contributed by atoms with van der Waals surface area (Å²) in [6.45, 7) is 3.68. The van der Waals surface area contributed by atoms with Gasteiger partial charge in [0.15, 0.2) is 0 Å². The van der Waals surface area contributed by atoms with E-state index in [1.54, 1.807) is 0 Å². The second-order valence-electron chi connectivity index (χ2n) is 5.80. The maximum Gasteiger partial charge on any atom is 0.325 e. The van der Waals surface area contributed by atoms with E-state index >= 15 is 0 Å². The first kappa shape index (κ1) is 14.6. The highest BCUT2D eigenvalue weighted by Gasteiger charge is 2.19. The van der Waals surface area contributed by atoms with Crippen molar-refractivity contribution < 1.29 is 9.53 Å². The molecule has 3 rings (SSSR count). The van der Waals surface area contributed by atoms with E-state index in [1.807, 2.05) is 30.3 Å². The maximum absolute atomic E-state index is 12.1. The molecule has 0 saturated heterocycles. The van der Waals surface area contributed by atoms with Gasteiger partial charge in [-0.3, -0.25) is 4.79 Å². The van der Waals surface area contributed by atoms with Gasteiger partial charge < -0.3 is 9.64 Å². The predicted octanol–water partition coefficient (Wildman–Crippen LogP) is 3.49. The number of benzene rings is 2. The van der Waals surface area contributed by atoms with Crippen LogP contribution in [0.15, 0.2) is 48.5 Å². The van der Waals surface area contributed by atoms with Crippen LogP contribution in [0.3, 0.4) is 0 Å². The molecule has 3 nitrogen and oxygen atoms in total. The Kier molecular flexibility index (Phi) is 4.42. The average molecular weight is 295 g/mol. The molecule has 0 amide bonds. The van der Waals surface area contributed by atoms with Crippen molar-refractivity contribution in [2.75, 3.05) is 18.0 Å². The highest BCUT2D eigenvalue weighted by molar-refractivity contribution is 5.76. The lowest BCUT2D eigenvalue weighted by molar-refractivity contribution is -0.143. The van der Waals surface area contributed by atoms with Crippen molar-refractivity contribution in [3.63, 3.8) is 0 Å². The Labute approximate surface area is 131 Å². The first-order valence-electron chi connectivity index (χ1n) is 7.76. The summed E-state index contributed by atoms with van der Waals surface area (Å²) < 4.78 is 5.39. The number of fused-ring (bicyclic) bond motifs is 1. The molecular formula is C19H21NO2. The number of anilines is 1. The second-order valence-corrected chi connectivity index (χ2v) is 5.80. The molecule has 22 heavy (non-hydrogen) atoms. The predicted molar refractivity (Wildman–Crippen MR) is 88.0 cm³/mol. The molecule has 3 heteroatoms. The minimum atomic E-state index is -0.169. The van der Waals surface area contributed by atoms with Crippen molar-refractivity contribution in [1.82, 2.24) is 0 Å². The molecule has 0 fully saturated rings. The van der Waals surface area contributed by atoms with Gasteiger partial charge in [-0.2, -0.15) is 0 Å². The van der Waals surface area contributed by atoms with E-state index in [0.717, 1.165) is 24.9 Å². The fraction of sp³-hybridized carbons (Fsp3) is 0.316. The summed E-state index contributed by atoms with van der Waals surface area (Å²) in [5, 5.41) is 0. The van der Waals surface area contributed by atoms with E-state index in [4.69, 9.17) is 4.74 Å². The third-order valence-corrected chi connectivity index (χ3v) is 4.01. The molecule has 0 bridgehead atoms. The lowest BCUT2D eigenvalue weighted by Crippen LogP contribution is -2.35. The van der Waals surface area contributed by atoms with Crippen LogP contribution in [0.4, 0.5) is 5.69 Å². The molecule has 0 spiro atoms. The zero-order chi connectivity index (χ0) is 15.4. The van der Waals surface area contributed by atoms with Crippen LogP contribution in [-0.4, -0.2) is 19.1 Å². The van der Waals surface area contributed by atoms with Crippen molar-refractivity contribution in [2.45, 2.75) is 26.4 Å². The molecule has 0 atom stereocenters. The van der Waals surface area contributed by atoms with Crippen LogP contribution in [-0.2, 0) is 22.6 Å². The van der Waals surface area contributed by atoms with Crippen LogP contribution in [0.25, 0.3) is 0 Å². The Morgan fingerprint density at radius 3 is 2.82 bits per heavy atom. The third-order valence-electron chi connectivity index (χ3n) is 4.01. The summed E-state index contributed by atoms with van der Waals surface area (Å²) in [7, 11) is 0. The molecule has 2 aromatic rings. The SMILES string of the molecule is Cc1ccc2c(c1)CCCN2CC(=O)OCc1ccccc1. The molecule has 0 saturated carbocycles. The van der Waals surface area contributed by atoms with Crippen LogP contribution in [0.1, 0.15) is 23.1 Å². The van der Waals surface area contributed by atoms with Gasteiger partial charge in [0.05, 0.1) is 0 Å². The maximum atomic E-state index is 12.1. The van der Waals surface area contributed by atoms with Crippen molar-refractivity contribution >= 4 is 11.7 Å². The summed E-state index contributed by atoms with van der Waals surface area (Å²) in [6.07, 6.45) is 2.18. The van der Waals surface area contributed by atoms with Gasteiger partial charge >= 0.3 is 5.97 Å². The minimum Gasteiger partial charge on any atom is -0.459 e. The van der Waals surface area contributed by atoms with Crippen molar-refractivity contribution in [3.8, 4) is 0 Å². The lowest BCUT2D eigenvalue weighted by atomic mass is 10.00. The highest BCUT2D eigenvalue weighted by Crippen LogP contribution is 2.27. The molecule has 0 N–H and O–H groups in total. The van der Waals surface area contributed by atoms with Gasteiger partial charge in [0.1, 0.15) is 13.2 Å². The van der Waals surface area contributed by atoms with Gasteiger partial charge in [-0.25, -0.2) is 0 Å². The standard InChI is InChI=1S/C19H21NO2/c1-15-9-10-18-17(12-15)8-5-11-20(18)13-19(21)22-14-16-6-3-2-4-7-16/h2-4,6-7,9-10,12H,5,8,11,13-14H2,1H3. The number of rotatable bonds is 4. The number of carbonyl (C=O) groups excluding carboxylic acids is 1. The van der Waals surface area contributed by atoms with Gasteiger partial charge in [-0.15, -0.1) is 0 Å². The fourth-order valence-electron chi connectivity index (χ4n) is 2.91. The summed E-state index contributed by atoms with van der Waals surface area (Å²) in [5.74, 6) is -0.169. The van der Waals surface area contributed by atoms with Crippen molar-refractivity contribution in [2.24, 2.45) is 0 Å². The number of ether oxygens (including phenoxy) is 1. The quantitative estimate of drug-likeness (QED) is 0.809. The number of carbonyl (C=O) groups is 1. The first-order chi connectivity index (χ1) is 10.7. The molecule has 114 valence electrons. The molecule has 1 aliphatic rings. The van der Waals surface area contributed by atoms with E-state index in [9.17, 15) is 4.79 Å². The lowest BCUT2D eigenvalue weighted by Gasteiger charge is -2.30. The number of hydrogen-bond donors (Lipinski definition) is 0. The highest BCUT2D eigenvalue weighted by atomic mass is 16.5. The molecule has 1 aliphatic heterocycles. The normalized spacial score (nSPS) is 13.6. The van der Waals surface area contributed by atoms with E-state index < -0.39 is 0 Å². The summed E-state index contributed by atoms with van der Waals surface area (Å²) in [6, 6.07) is 16.2. The van der Waals surface area contributed by atoms with Crippen molar-refractivity contribution in [1.29, 1.82) is 0 Å². The van der Waals surface area contributed by atoms with Crippen LogP contribution in [0, 0.1) is 6.92 Å². The zero-order valence-corrected chi connectivity index (χ0v) is 12.9. The number of nitrogens with zero attached hydrogens (tertiary/aromatic N) is 1. The van der Waals surface area contributed by atoms with Crippen LogP contribution >= 0.6 is 0 Å². The molecule has 0 aliphatic carbocycles. The number of hydrogen-bond acceptors (Lipinski definition) is 3. The van der Waals surface area contributed by atoms with Crippen LogP contribution in [0.2, 0.25) is 0 Å². The molecule has 0 radical (unpaired) electrons. The average Bonchev–Trinajstić information content (AvgIpc) is 2.54. The largest absolute Gasteiger partial charge is 0.459 e. The van der Waals surface area contributed by atoms with E-state index in [-0.39, 0.29) is 5.97 Å². The Hall–Kier alpha value is -2.29. The number of esters is 1. The summed E-state index contributed by atoms with van der Waals surface area (Å²) in [4.78, 5) is 14.2. The monoisotopic (exact) mass is 295 g/mol. The minimum absolute atomic E-state index is 0.169. The Morgan fingerprint density at radius 2 is 2.00 bits per heavy atom. The van der Waals surface area contributed by atoms with Gasteiger partial charge in [0.25, 0.3) is 0 Å². The molecule has 0 unspecified atom stereocenters. The van der Waals surface area contributed by atoms with Crippen molar-refractivity contribution in [3.05, 3.63) is 65.2 Å². The molecule has 1 heterocycles. The van der Waals surface area contributed by atoms with Crippen LogP contribution < -0.4 is 4.90 Å². The summed E-state index contributed by atoms with van der Waals surface area (Å²) >= 11 is 0. The van der Waals surface area contributed by atoms with E-state index in [0.29, 0.717) is 13.2 Å².